The minimum Gasteiger partial charge on any atom is -0.332 e. The normalized spacial score (nSPS) is 11.9. The van der Waals surface area contributed by atoms with Gasteiger partial charge in [-0.15, -0.1) is 0 Å². The van der Waals surface area contributed by atoms with Crippen LogP contribution in [0.25, 0.3) is 0 Å². The third kappa shape index (κ3) is 3.62. The summed E-state index contributed by atoms with van der Waals surface area (Å²) in [4.78, 5) is 26.0. The largest absolute Gasteiger partial charge is 0.332 e. The molecule has 5 heteroatoms. The van der Waals surface area contributed by atoms with Crippen molar-refractivity contribution in [3.8, 4) is 0 Å². The second kappa shape index (κ2) is 6.69. The number of halogens is 2. The Bertz CT molecular complexity index is 741. The van der Waals surface area contributed by atoms with Gasteiger partial charge in [0, 0.05) is 18.2 Å². The molecule has 0 heterocycles. The van der Waals surface area contributed by atoms with Crippen molar-refractivity contribution in [1.29, 1.82) is 0 Å². The van der Waals surface area contributed by atoms with Gasteiger partial charge < -0.3 is 4.90 Å². The molecule has 1 atom stereocenters. The van der Waals surface area contributed by atoms with Gasteiger partial charge in [-0.1, -0.05) is 29.8 Å². The van der Waals surface area contributed by atoms with Crippen molar-refractivity contribution in [2.45, 2.75) is 19.9 Å². The van der Waals surface area contributed by atoms with E-state index in [0.717, 1.165) is 17.7 Å². The summed E-state index contributed by atoms with van der Waals surface area (Å²) in [5, 5.41) is 0. The average Bonchev–Trinajstić information content (AvgIpc) is 2.55. The predicted octanol–water partition coefficient (Wildman–Crippen LogP) is 3.62. The van der Waals surface area contributed by atoms with E-state index >= 15 is 0 Å². The number of benzene rings is 2. The van der Waals surface area contributed by atoms with Crippen molar-refractivity contribution in [2.75, 3.05) is 7.05 Å². The summed E-state index contributed by atoms with van der Waals surface area (Å²) in [5.74, 6) is -2.88. The first-order valence-corrected chi connectivity index (χ1v) is 7.14. The number of hydrogen-bond donors (Lipinski definition) is 0. The van der Waals surface area contributed by atoms with Crippen molar-refractivity contribution in [2.24, 2.45) is 0 Å². The molecule has 2 aromatic carbocycles. The Morgan fingerprint density at radius 1 is 0.957 bits per heavy atom. The second-order valence-electron chi connectivity index (χ2n) is 5.45. The summed E-state index contributed by atoms with van der Waals surface area (Å²) < 4.78 is 26.2. The molecule has 0 spiro atoms. The van der Waals surface area contributed by atoms with Crippen LogP contribution < -0.4 is 0 Å². The molecule has 0 aromatic heterocycles. The number of hydrogen-bond acceptors (Lipinski definition) is 2. The topological polar surface area (TPSA) is 37.4 Å². The van der Waals surface area contributed by atoms with Crippen LogP contribution in [0, 0.1) is 18.6 Å². The molecule has 1 unspecified atom stereocenters. The lowest BCUT2D eigenvalue weighted by molar-refractivity contribution is 0.0674. The molecule has 2 aromatic rings. The van der Waals surface area contributed by atoms with Crippen molar-refractivity contribution in [3.63, 3.8) is 0 Å². The summed E-state index contributed by atoms with van der Waals surface area (Å²) in [7, 11) is 1.46. The summed E-state index contributed by atoms with van der Waals surface area (Å²) in [6, 6.07) is 9.22. The zero-order valence-corrected chi connectivity index (χ0v) is 13.1. The number of Topliss-reactive ketones (excluding diaryl/α,β-unsaturated/α-hetero) is 1. The zero-order chi connectivity index (χ0) is 17.1. The van der Waals surface area contributed by atoms with E-state index in [1.807, 2.05) is 19.1 Å². The molecule has 0 aliphatic rings. The number of ketones is 1. The van der Waals surface area contributed by atoms with Gasteiger partial charge >= 0.3 is 0 Å². The third-order valence-corrected chi connectivity index (χ3v) is 3.78. The van der Waals surface area contributed by atoms with Crippen LogP contribution in [0.4, 0.5) is 8.78 Å². The lowest BCUT2D eigenvalue weighted by Gasteiger charge is -2.24. The first kappa shape index (κ1) is 16.8. The number of carbonyl (C=O) groups is 2. The van der Waals surface area contributed by atoms with Crippen LogP contribution in [-0.2, 0) is 0 Å². The Balaban J connectivity index is 2.19. The second-order valence-corrected chi connectivity index (χ2v) is 5.45. The van der Waals surface area contributed by atoms with Gasteiger partial charge in [0.2, 0.25) is 0 Å². The maximum atomic E-state index is 13.3. The van der Waals surface area contributed by atoms with Crippen LogP contribution in [0.1, 0.15) is 33.2 Å². The monoisotopic (exact) mass is 317 g/mol. The molecule has 0 aliphatic carbocycles. The Morgan fingerprint density at radius 3 is 2.09 bits per heavy atom. The molecule has 0 aliphatic heterocycles. The fraction of sp³-hybridized carbons (Fsp3) is 0.222. The van der Waals surface area contributed by atoms with Gasteiger partial charge in [0.15, 0.2) is 17.4 Å². The zero-order valence-electron chi connectivity index (χ0n) is 13.1. The van der Waals surface area contributed by atoms with E-state index < -0.39 is 23.6 Å². The highest BCUT2D eigenvalue weighted by Crippen LogP contribution is 2.14. The van der Waals surface area contributed by atoms with E-state index in [0.29, 0.717) is 5.56 Å². The van der Waals surface area contributed by atoms with Crippen molar-refractivity contribution in [3.05, 3.63) is 70.8 Å². The van der Waals surface area contributed by atoms with Gasteiger partial charge in [0.25, 0.3) is 5.91 Å². The SMILES string of the molecule is Cc1ccc(C(=O)C(C)N(C)C(=O)c2ccc(F)c(F)c2)cc1. The molecule has 0 N–H and O–H groups in total. The summed E-state index contributed by atoms with van der Waals surface area (Å²) in [5.41, 5.74) is 1.52. The molecule has 120 valence electrons. The Morgan fingerprint density at radius 2 is 1.52 bits per heavy atom. The highest BCUT2D eigenvalue weighted by Gasteiger charge is 2.24. The molecule has 23 heavy (non-hydrogen) atoms. The van der Waals surface area contributed by atoms with Gasteiger partial charge in [-0.3, -0.25) is 9.59 Å². The summed E-state index contributed by atoms with van der Waals surface area (Å²) >= 11 is 0. The predicted molar refractivity (Wildman–Crippen MR) is 83.4 cm³/mol. The average molecular weight is 317 g/mol. The number of aryl methyl sites for hydroxylation is 1. The number of nitrogens with zero attached hydrogens (tertiary/aromatic N) is 1. The Hall–Kier alpha value is -2.56. The molecule has 2 rings (SSSR count). The molecule has 0 saturated carbocycles. The van der Waals surface area contributed by atoms with E-state index in [-0.39, 0.29) is 11.3 Å². The molecule has 0 bridgehead atoms. The molecular weight excluding hydrogens is 300 g/mol. The fourth-order valence-electron chi connectivity index (χ4n) is 2.14. The van der Waals surface area contributed by atoms with Gasteiger partial charge in [0.05, 0.1) is 6.04 Å². The number of carbonyl (C=O) groups excluding carboxylic acids is 2. The quantitative estimate of drug-likeness (QED) is 0.808. The first-order valence-electron chi connectivity index (χ1n) is 7.14. The fourth-order valence-corrected chi connectivity index (χ4v) is 2.14. The lowest BCUT2D eigenvalue weighted by atomic mass is 10.0. The molecule has 0 radical (unpaired) electrons. The van der Waals surface area contributed by atoms with Crippen LogP contribution in [0.2, 0.25) is 0 Å². The van der Waals surface area contributed by atoms with E-state index in [2.05, 4.69) is 0 Å². The van der Waals surface area contributed by atoms with Gasteiger partial charge in [-0.2, -0.15) is 0 Å². The minimum absolute atomic E-state index is 0.00467. The minimum atomic E-state index is -1.10. The first-order chi connectivity index (χ1) is 10.8. The molecular formula is C18H17F2NO2. The highest BCUT2D eigenvalue weighted by atomic mass is 19.2. The third-order valence-electron chi connectivity index (χ3n) is 3.78. The molecule has 0 fully saturated rings. The van der Waals surface area contributed by atoms with E-state index in [9.17, 15) is 18.4 Å². The van der Waals surface area contributed by atoms with Crippen LogP contribution in [0.5, 0.6) is 0 Å². The number of rotatable bonds is 4. The Labute approximate surface area is 133 Å². The molecule has 3 nitrogen and oxygen atoms in total. The lowest BCUT2D eigenvalue weighted by Crippen LogP contribution is -2.40. The summed E-state index contributed by atoms with van der Waals surface area (Å²) in [6.45, 7) is 3.51. The maximum absolute atomic E-state index is 13.3. The molecule has 0 saturated heterocycles. The van der Waals surface area contributed by atoms with Crippen LogP contribution in [-0.4, -0.2) is 29.7 Å². The van der Waals surface area contributed by atoms with Gasteiger partial charge in [0.1, 0.15) is 0 Å². The number of likely N-dealkylation sites (N-methyl/N-ethyl adjacent to an activating group) is 1. The van der Waals surface area contributed by atoms with Crippen molar-refractivity contribution < 1.29 is 18.4 Å². The van der Waals surface area contributed by atoms with Gasteiger partial charge in [-0.05, 0) is 32.0 Å². The van der Waals surface area contributed by atoms with E-state index in [1.54, 1.807) is 19.1 Å². The van der Waals surface area contributed by atoms with E-state index in [4.69, 9.17) is 0 Å². The van der Waals surface area contributed by atoms with Crippen LogP contribution >= 0.6 is 0 Å². The van der Waals surface area contributed by atoms with Gasteiger partial charge in [-0.25, -0.2) is 8.78 Å². The van der Waals surface area contributed by atoms with Crippen LogP contribution in [0.15, 0.2) is 42.5 Å². The Kier molecular flexibility index (Phi) is 4.89. The van der Waals surface area contributed by atoms with Crippen molar-refractivity contribution >= 4 is 11.7 Å². The maximum Gasteiger partial charge on any atom is 0.254 e. The summed E-state index contributed by atoms with van der Waals surface area (Å²) in [6.07, 6.45) is 0. The smallest absolute Gasteiger partial charge is 0.254 e. The standard InChI is InChI=1S/C18H17F2NO2/c1-11-4-6-13(7-5-11)17(22)12(2)21(3)18(23)14-8-9-15(19)16(20)10-14/h4-10,12H,1-3H3. The van der Waals surface area contributed by atoms with Crippen molar-refractivity contribution in [1.82, 2.24) is 4.90 Å². The highest BCUT2D eigenvalue weighted by molar-refractivity contribution is 6.04. The number of amides is 1. The van der Waals surface area contributed by atoms with E-state index in [1.165, 1.54) is 18.0 Å². The molecule has 1 amide bonds. The van der Waals surface area contributed by atoms with Crippen LogP contribution in [0.3, 0.4) is 0 Å².